The summed E-state index contributed by atoms with van der Waals surface area (Å²) in [7, 11) is 0. The number of carbonyl (C=O) groups excluding carboxylic acids is 2. The molecule has 0 aromatic rings. The molecule has 2 amide bonds. The second-order valence-electron chi connectivity index (χ2n) is 4.42. The minimum Gasteiger partial charge on any atom is -0.345 e. The number of nitrogens with zero attached hydrogens (tertiary/aromatic N) is 1. The number of hydrogen-bond acceptors (Lipinski definition) is 3. The van der Waals surface area contributed by atoms with Crippen LogP contribution in [0.1, 0.15) is 20.3 Å². The Morgan fingerprint density at radius 2 is 2.10 bits per heavy atom. The smallest absolute Gasteiger partial charge is 0.345 e. The molecule has 0 aromatic heterocycles. The van der Waals surface area contributed by atoms with Gasteiger partial charge in [0, 0.05) is 11.3 Å². The van der Waals surface area contributed by atoms with Crippen molar-refractivity contribution in [3.05, 3.63) is 11.6 Å². The highest BCUT2D eigenvalue weighted by Gasteiger charge is 2.36. The van der Waals surface area contributed by atoms with Gasteiger partial charge in [-0.15, -0.1) is 11.8 Å². The maximum absolute atomic E-state index is 12.1. The van der Waals surface area contributed by atoms with Crippen LogP contribution in [0.5, 0.6) is 0 Å². The van der Waals surface area contributed by atoms with E-state index in [4.69, 9.17) is 0 Å². The molecule has 0 radical (unpaired) electrons. The Labute approximate surface area is 119 Å². The molecule has 1 aliphatic heterocycles. The van der Waals surface area contributed by atoms with Crippen LogP contribution in [0.4, 0.5) is 13.2 Å². The molecule has 1 aliphatic rings. The molecule has 114 valence electrons. The highest BCUT2D eigenvalue weighted by atomic mass is 32.2. The Balaban J connectivity index is 2.67. The van der Waals surface area contributed by atoms with E-state index in [0.717, 1.165) is 0 Å². The van der Waals surface area contributed by atoms with Gasteiger partial charge in [-0.05, 0) is 13.3 Å². The lowest BCUT2D eigenvalue weighted by molar-refractivity contribution is -0.143. The molecule has 20 heavy (non-hydrogen) atoms. The van der Waals surface area contributed by atoms with Crippen molar-refractivity contribution in [3.8, 4) is 0 Å². The third-order valence-corrected chi connectivity index (χ3v) is 3.77. The van der Waals surface area contributed by atoms with Crippen molar-refractivity contribution in [1.29, 1.82) is 0 Å². The molecule has 0 spiro atoms. The number of allylic oxidation sites excluding steroid dienone is 1. The Morgan fingerprint density at radius 3 is 2.65 bits per heavy atom. The fourth-order valence-electron chi connectivity index (χ4n) is 1.79. The number of amides is 2. The van der Waals surface area contributed by atoms with Crippen LogP contribution in [0.25, 0.3) is 0 Å². The van der Waals surface area contributed by atoms with Crippen LogP contribution in [0.3, 0.4) is 0 Å². The number of nitrogens with one attached hydrogen (secondary N) is 1. The molecular weight excluding hydrogens is 293 g/mol. The third kappa shape index (κ3) is 4.73. The third-order valence-electron chi connectivity index (χ3n) is 2.76. The van der Waals surface area contributed by atoms with Gasteiger partial charge >= 0.3 is 6.18 Å². The van der Waals surface area contributed by atoms with Crippen molar-refractivity contribution in [2.75, 3.05) is 18.2 Å². The van der Waals surface area contributed by atoms with Gasteiger partial charge in [-0.25, -0.2) is 0 Å². The van der Waals surface area contributed by atoms with E-state index in [1.165, 1.54) is 16.7 Å². The fourth-order valence-corrected chi connectivity index (χ4v) is 2.94. The van der Waals surface area contributed by atoms with E-state index in [0.29, 0.717) is 23.6 Å². The molecule has 4 nitrogen and oxygen atoms in total. The van der Waals surface area contributed by atoms with Crippen LogP contribution in [0.15, 0.2) is 11.6 Å². The number of alkyl halides is 3. The van der Waals surface area contributed by atoms with Gasteiger partial charge in [0.1, 0.15) is 12.6 Å². The molecule has 1 N–H and O–H groups in total. The number of thioether (sulfide) groups is 1. The lowest BCUT2D eigenvalue weighted by Gasteiger charge is -2.23. The summed E-state index contributed by atoms with van der Waals surface area (Å²) in [5.41, 5.74) is 0.503. The van der Waals surface area contributed by atoms with Crippen LogP contribution in [0, 0.1) is 0 Å². The summed E-state index contributed by atoms with van der Waals surface area (Å²) in [6.45, 7) is 2.14. The zero-order valence-electron chi connectivity index (χ0n) is 11.3. The molecule has 1 unspecified atom stereocenters. The minimum absolute atomic E-state index is 0.302. The lowest BCUT2D eigenvalue weighted by Crippen LogP contribution is -2.49. The number of halogens is 3. The molecule has 0 aliphatic carbocycles. The maximum Gasteiger partial charge on any atom is 0.405 e. The van der Waals surface area contributed by atoms with Gasteiger partial charge in [0.05, 0.1) is 5.88 Å². The van der Waals surface area contributed by atoms with Crippen molar-refractivity contribution >= 4 is 23.6 Å². The van der Waals surface area contributed by atoms with Crippen molar-refractivity contribution in [1.82, 2.24) is 10.2 Å². The maximum atomic E-state index is 12.1. The molecule has 0 aromatic carbocycles. The van der Waals surface area contributed by atoms with Gasteiger partial charge in [0.15, 0.2) is 0 Å². The molecule has 1 saturated heterocycles. The van der Waals surface area contributed by atoms with E-state index in [-0.39, 0.29) is 5.91 Å². The van der Waals surface area contributed by atoms with Gasteiger partial charge in [-0.3, -0.25) is 9.59 Å². The highest BCUT2D eigenvalue weighted by molar-refractivity contribution is 7.99. The van der Waals surface area contributed by atoms with Gasteiger partial charge in [-0.1, -0.05) is 13.0 Å². The number of rotatable bonds is 4. The summed E-state index contributed by atoms with van der Waals surface area (Å²) in [4.78, 5) is 25.2. The quantitative estimate of drug-likeness (QED) is 0.807. The topological polar surface area (TPSA) is 49.4 Å². The molecule has 1 heterocycles. The van der Waals surface area contributed by atoms with Crippen molar-refractivity contribution in [3.63, 3.8) is 0 Å². The second-order valence-corrected chi connectivity index (χ2v) is 5.42. The van der Waals surface area contributed by atoms with Crippen LogP contribution < -0.4 is 5.32 Å². The Kier molecular flexibility index (Phi) is 5.91. The predicted molar refractivity (Wildman–Crippen MR) is 71.1 cm³/mol. The molecule has 1 atom stereocenters. The summed E-state index contributed by atoms with van der Waals surface area (Å²) >= 11 is 1.35. The van der Waals surface area contributed by atoms with Crippen molar-refractivity contribution in [2.24, 2.45) is 0 Å². The minimum atomic E-state index is -4.45. The second kappa shape index (κ2) is 7.01. The summed E-state index contributed by atoms with van der Waals surface area (Å²) in [5.74, 6) is -0.430. The van der Waals surface area contributed by atoms with Crippen LogP contribution in [-0.2, 0) is 9.59 Å². The molecule has 8 heteroatoms. The first-order valence-electron chi connectivity index (χ1n) is 6.16. The Hall–Kier alpha value is -1.18. The van der Waals surface area contributed by atoms with Gasteiger partial charge in [0.2, 0.25) is 5.91 Å². The Morgan fingerprint density at radius 1 is 1.45 bits per heavy atom. The van der Waals surface area contributed by atoms with Crippen molar-refractivity contribution < 1.29 is 22.8 Å². The van der Waals surface area contributed by atoms with Crippen LogP contribution in [-0.4, -0.2) is 47.1 Å². The molecule has 1 rings (SSSR count). The standard InChI is InChI=1S/C12H17F3N2O2S/c1-3-4-8(2)11(19)17-7-20-5-9(17)10(18)16-6-12(13,14)15/h4,9H,3,5-7H2,1-2H3,(H,16,18). The first-order valence-corrected chi connectivity index (χ1v) is 7.31. The SMILES string of the molecule is CCC=C(C)C(=O)N1CSCC1C(=O)NCC(F)(F)F. The van der Waals surface area contributed by atoms with E-state index in [1.807, 2.05) is 12.2 Å². The van der Waals surface area contributed by atoms with Crippen LogP contribution >= 0.6 is 11.8 Å². The van der Waals surface area contributed by atoms with Gasteiger partial charge < -0.3 is 10.2 Å². The molecule has 0 saturated carbocycles. The van der Waals surface area contributed by atoms with E-state index >= 15 is 0 Å². The first kappa shape index (κ1) is 16.9. The van der Waals surface area contributed by atoms with Crippen molar-refractivity contribution in [2.45, 2.75) is 32.5 Å². The predicted octanol–water partition coefficient (Wildman–Crippen LogP) is 1.92. The normalized spacial score (nSPS) is 20.1. The average Bonchev–Trinajstić information content (AvgIpc) is 2.83. The monoisotopic (exact) mass is 310 g/mol. The van der Waals surface area contributed by atoms with E-state index in [2.05, 4.69) is 0 Å². The van der Waals surface area contributed by atoms with E-state index in [9.17, 15) is 22.8 Å². The van der Waals surface area contributed by atoms with Gasteiger partial charge in [0.25, 0.3) is 5.91 Å². The lowest BCUT2D eigenvalue weighted by atomic mass is 10.2. The average molecular weight is 310 g/mol. The summed E-state index contributed by atoms with van der Waals surface area (Å²) in [6, 6.07) is -0.838. The summed E-state index contributed by atoms with van der Waals surface area (Å²) in [5, 5.41) is 1.83. The zero-order chi connectivity index (χ0) is 15.3. The van der Waals surface area contributed by atoms with Gasteiger partial charge in [-0.2, -0.15) is 13.2 Å². The highest BCUT2D eigenvalue weighted by Crippen LogP contribution is 2.23. The van der Waals surface area contributed by atoms with E-state index in [1.54, 1.807) is 13.0 Å². The number of carbonyl (C=O) groups is 2. The number of hydrogen-bond donors (Lipinski definition) is 1. The summed E-state index contributed by atoms with van der Waals surface area (Å²) < 4.78 is 36.2. The zero-order valence-corrected chi connectivity index (χ0v) is 12.1. The largest absolute Gasteiger partial charge is 0.405 e. The molecular formula is C12H17F3N2O2S. The molecule has 0 bridgehead atoms. The van der Waals surface area contributed by atoms with Crippen LogP contribution in [0.2, 0.25) is 0 Å². The van der Waals surface area contributed by atoms with E-state index < -0.39 is 24.7 Å². The first-order chi connectivity index (χ1) is 9.26. The molecule has 1 fully saturated rings. The summed E-state index contributed by atoms with van der Waals surface area (Å²) in [6.07, 6.45) is -2.03. The Bertz CT molecular complexity index is 410. The fraction of sp³-hybridized carbons (Fsp3) is 0.667.